The number of aromatic carboxylic acids is 1. The van der Waals surface area contributed by atoms with E-state index in [9.17, 15) is 4.79 Å². The number of hydrogen-bond donors (Lipinski definition) is 2. The summed E-state index contributed by atoms with van der Waals surface area (Å²) in [6, 6.07) is 17.1. The summed E-state index contributed by atoms with van der Waals surface area (Å²) in [5, 5.41) is 12.3. The van der Waals surface area contributed by atoms with Crippen LogP contribution in [0.3, 0.4) is 0 Å². The summed E-state index contributed by atoms with van der Waals surface area (Å²) in [7, 11) is 0. The monoisotopic (exact) mass is 255 g/mol. The van der Waals surface area contributed by atoms with E-state index in [0.717, 1.165) is 0 Å². The number of carbonyl (C=O) groups is 1. The SMILES string of the molecule is CC(CNc1ccccc1C(=O)O)c1ccccc1. The maximum absolute atomic E-state index is 11.1. The first-order valence-electron chi connectivity index (χ1n) is 6.29. The van der Waals surface area contributed by atoms with Gasteiger partial charge in [-0.2, -0.15) is 0 Å². The smallest absolute Gasteiger partial charge is 0.337 e. The molecule has 0 aromatic heterocycles. The molecule has 19 heavy (non-hydrogen) atoms. The normalized spacial score (nSPS) is 11.8. The highest BCUT2D eigenvalue weighted by Crippen LogP contribution is 2.19. The summed E-state index contributed by atoms with van der Waals surface area (Å²) in [6.45, 7) is 2.82. The predicted octanol–water partition coefficient (Wildman–Crippen LogP) is 3.60. The zero-order valence-corrected chi connectivity index (χ0v) is 10.8. The Labute approximate surface area is 112 Å². The Hall–Kier alpha value is -2.29. The standard InChI is InChI=1S/C16H17NO2/c1-12(13-7-3-2-4-8-13)11-17-15-10-6-5-9-14(15)16(18)19/h2-10,12,17H,11H2,1H3,(H,18,19). The summed E-state index contributed by atoms with van der Waals surface area (Å²) >= 11 is 0. The molecule has 0 saturated heterocycles. The minimum atomic E-state index is -0.907. The lowest BCUT2D eigenvalue weighted by Gasteiger charge is -2.15. The Morgan fingerprint density at radius 3 is 2.42 bits per heavy atom. The van der Waals surface area contributed by atoms with Crippen LogP contribution in [-0.4, -0.2) is 17.6 Å². The molecule has 1 atom stereocenters. The van der Waals surface area contributed by atoms with E-state index in [1.165, 1.54) is 5.56 Å². The van der Waals surface area contributed by atoms with Crippen LogP contribution in [0.1, 0.15) is 28.8 Å². The lowest BCUT2D eigenvalue weighted by atomic mass is 10.0. The molecule has 0 fully saturated rings. The fourth-order valence-corrected chi connectivity index (χ4v) is 1.99. The molecule has 0 amide bonds. The molecular weight excluding hydrogens is 238 g/mol. The molecule has 2 aromatic carbocycles. The highest BCUT2D eigenvalue weighted by atomic mass is 16.4. The number of hydrogen-bond acceptors (Lipinski definition) is 2. The molecule has 0 aliphatic rings. The van der Waals surface area contributed by atoms with Gasteiger partial charge in [-0.05, 0) is 23.6 Å². The van der Waals surface area contributed by atoms with Crippen molar-refractivity contribution >= 4 is 11.7 Å². The molecule has 2 N–H and O–H groups in total. The molecule has 98 valence electrons. The molecule has 0 aliphatic carbocycles. The molecule has 2 aromatic rings. The van der Waals surface area contributed by atoms with E-state index in [1.54, 1.807) is 18.2 Å². The number of nitrogens with one attached hydrogen (secondary N) is 1. The lowest BCUT2D eigenvalue weighted by Crippen LogP contribution is -2.12. The highest BCUT2D eigenvalue weighted by molar-refractivity contribution is 5.94. The second-order valence-electron chi connectivity index (χ2n) is 4.54. The van der Waals surface area contributed by atoms with E-state index in [2.05, 4.69) is 24.4 Å². The average molecular weight is 255 g/mol. The summed E-state index contributed by atoms with van der Waals surface area (Å²) in [6.07, 6.45) is 0. The van der Waals surface area contributed by atoms with E-state index in [-0.39, 0.29) is 0 Å². The number of benzene rings is 2. The third-order valence-corrected chi connectivity index (χ3v) is 3.12. The molecule has 1 unspecified atom stereocenters. The Morgan fingerprint density at radius 2 is 1.74 bits per heavy atom. The molecule has 0 aliphatic heterocycles. The van der Waals surface area contributed by atoms with Gasteiger partial charge in [0, 0.05) is 12.2 Å². The van der Waals surface area contributed by atoms with Gasteiger partial charge < -0.3 is 10.4 Å². The van der Waals surface area contributed by atoms with Crippen LogP contribution in [0.4, 0.5) is 5.69 Å². The summed E-state index contributed by atoms with van der Waals surface area (Å²) < 4.78 is 0. The Kier molecular flexibility index (Phi) is 4.18. The van der Waals surface area contributed by atoms with Crippen molar-refractivity contribution in [3.05, 3.63) is 65.7 Å². The van der Waals surface area contributed by atoms with Gasteiger partial charge in [0.05, 0.1) is 5.56 Å². The Balaban J connectivity index is 2.05. The van der Waals surface area contributed by atoms with E-state index >= 15 is 0 Å². The first kappa shape index (κ1) is 13.1. The molecule has 0 radical (unpaired) electrons. The summed E-state index contributed by atoms with van der Waals surface area (Å²) in [5.41, 5.74) is 2.21. The van der Waals surface area contributed by atoms with Gasteiger partial charge in [0.2, 0.25) is 0 Å². The van der Waals surface area contributed by atoms with Crippen molar-refractivity contribution in [3.8, 4) is 0 Å². The third kappa shape index (κ3) is 3.35. The second-order valence-corrected chi connectivity index (χ2v) is 4.54. The van der Waals surface area contributed by atoms with Crippen LogP contribution in [0.2, 0.25) is 0 Å². The van der Waals surface area contributed by atoms with E-state index < -0.39 is 5.97 Å². The molecule has 2 rings (SSSR count). The number of carboxylic acid groups (broad SMARTS) is 1. The maximum Gasteiger partial charge on any atom is 0.337 e. The summed E-state index contributed by atoms with van der Waals surface area (Å²) in [4.78, 5) is 11.1. The third-order valence-electron chi connectivity index (χ3n) is 3.12. The van der Waals surface area contributed by atoms with Crippen molar-refractivity contribution < 1.29 is 9.90 Å². The molecule has 0 spiro atoms. The van der Waals surface area contributed by atoms with Crippen LogP contribution in [0.5, 0.6) is 0 Å². The van der Waals surface area contributed by atoms with Crippen LogP contribution < -0.4 is 5.32 Å². The van der Waals surface area contributed by atoms with Gasteiger partial charge in [-0.25, -0.2) is 4.79 Å². The molecule has 0 saturated carbocycles. The van der Waals surface area contributed by atoms with Gasteiger partial charge in [-0.1, -0.05) is 49.4 Å². The fraction of sp³-hybridized carbons (Fsp3) is 0.188. The molecule has 3 heteroatoms. The van der Waals surface area contributed by atoms with Gasteiger partial charge in [-0.15, -0.1) is 0 Å². The van der Waals surface area contributed by atoms with Crippen LogP contribution in [-0.2, 0) is 0 Å². The fourth-order valence-electron chi connectivity index (χ4n) is 1.99. The molecular formula is C16H17NO2. The van der Waals surface area contributed by atoms with Gasteiger partial charge in [-0.3, -0.25) is 0 Å². The number of rotatable bonds is 5. The van der Waals surface area contributed by atoms with Gasteiger partial charge in [0.1, 0.15) is 0 Å². The second kappa shape index (κ2) is 6.05. The van der Waals surface area contributed by atoms with Gasteiger partial charge >= 0.3 is 5.97 Å². The van der Waals surface area contributed by atoms with Crippen molar-refractivity contribution in [2.45, 2.75) is 12.8 Å². The largest absolute Gasteiger partial charge is 0.478 e. The number of para-hydroxylation sites is 1. The quantitative estimate of drug-likeness (QED) is 0.858. The zero-order chi connectivity index (χ0) is 13.7. The summed E-state index contributed by atoms with van der Waals surface area (Å²) in [5.74, 6) is -0.585. The van der Waals surface area contributed by atoms with E-state index in [4.69, 9.17) is 5.11 Å². The minimum absolute atomic E-state index is 0.308. The van der Waals surface area contributed by atoms with E-state index in [0.29, 0.717) is 23.7 Å². The van der Waals surface area contributed by atoms with Crippen LogP contribution in [0.15, 0.2) is 54.6 Å². The highest BCUT2D eigenvalue weighted by Gasteiger charge is 2.10. The van der Waals surface area contributed by atoms with Crippen LogP contribution in [0.25, 0.3) is 0 Å². The Bertz CT molecular complexity index is 552. The number of carboxylic acids is 1. The number of anilines is 1. The zero-order valence-electron chi connectivity index (χ0n) is 10.8. The molecule has 0 bridgehead atoms. The topological polar surface area (TPSA) is 49.3 Å². The van der Waals surface area contributed by atoms with Crippen molar-refractivity contribution in [1.29, 1.82) is 0 Å². The lowest BCUT2D eigenvalue weighted by molar-refractivity contribution is 0.0698. The van der Waals surface area contributed by atoms with Crippen LogP contribution in [0, 0.1) is 0 Å². The average Bonchev–Trinajstić information content (AvgIpc) is 2.46. The molecule has 3 nitrogen and oxygen atoms in total. The Morgan fingerprint density at radius 1 is 1.11 bits per heavy atom. The van der Waals surface area contributed by atoms with Crippen molar-refractivity contribution in [3.63, 3.8) is 0 Å². The molecule has 0 heterocycles. The first-order chi connectivity index (χ1) is 9.18. The van der Waals surface area contributed by atoms with Crippen molar-refractivity contribution in [2.75, 3.05) is 11.9 Å². The minimum Gasteiger partial charge on any atom is -0.478 e. The predicted molar refractivity (Wildman–Crippen MR) is 76.7 cm³/mol. The van der Waals surface area contributed by atoms with Gasteiger partial charge in [0.15, 0.2) is 0 Å². The maximum atomic E-state index is 11.1. The van der Waals surface area contributed by atoms with Crippen molar-refractivity contribution in [1.82, 2.24) is 0 Å². The van der Waals surface area contributed by atoms with E-state index in [1.807, 2.05) is 24.3 Å². The first-order valence-corrected chi connectivity index (χ1v) is 6.29. The van der Waals surface area contributed by atoms with Crippen LogP contribution >= 0.6 is 0 Å². The van der Waals surface area contributed by atoms with Crippen molar-refractivity contribution in [2.24, 2.45) is 0 Å². The van der Waals surface area contributed by atoms with Gasteiger partial charge in [0.25, 0.3) is 0 Å².